The molecule has 0 saturated carbocycles. The summed E-state index contributed by atoms with van der Waals surface area (Å²) in [4.78, 5) is 23.9. The van der Waals surface area contributed by atoms with Crippen LogP contribution in [-0.2, 0) is 34.4 Å². The lowest BCUT2D eigenvalue weighted by Gasteiger charge is -2.18. The van der Waals surface area contributed by atoms with Gasteiger partial charge in [-0.1, -0.05) is 44.2 Å². The van der Waals surface area contributed by atoms with Gasteiger partial charge in [0.25, 0.3) is 5.91 Å². The van der Waals surface area contributed by atoms with Gasteiger partial charge in [0.05, 0.1) is 4.90 Å². The fourth-order valence-corrected chi connectivity index (χ4v) is 4.97. The fraction of sp³-hybridized carbons (Fsp3) is 0.273. The summed E-state index contributed by atoms with van der Waals surface area (Å²) in [5, 5.41) is 3.39. The molecule has 0 heterocycles. The van der Waals surface area contributed by atoms with Gasteiger partial charge in [0, 0.05) is 24.2 Å². The highest BCUT2D eigenvalue weighted by Gasteiger charge is 2.21. The van der Waals surface area contributed by atoms with Crippen molar-refractivity contribution in [3.63, 3.8) is 0 Å². The van der Waals surface area contributed by atoms with Gasteiger partial charge in [0.1, 0.15) is 6.54 Å². The van der Waals surface area contributed by atoms with Crippen molar-refractivity contribution in [3.05, 3.63) is 65.6 Å². The molecule has 0 aromatic heterocycles. The molecular weight excluding hydrogens is 482 g/mol. The first-order chi connectivity index (χ1) is 16.1. The number of carbonyl (C=O) groups is 2. The lowest BCUT2D eigenvalue weighted by atomic mass is 10.2. The summed E-state index contributed by atoms with van der Waals surface area (Å²) in [7, 11) is -7.49. The summed E-state index contributed by atoms with van der Waals surface area (Å²) in [5.74, 6) is -1.60. The van der Waals surface area contributed by atoms with Gasteiger partial charge in [-0.3, -0.25) is 9.59 Å². The summed E-state index contributed by atoms with van der Waals surface area (Å²) in [5.41, 5.74) is 0.983. The topological polar surface area (TPSA) is 139 Å². The first kappa shape index (κ1) is 27.2. The molecule has 10 nitrogen and oxygen atoms in total. The van der Waals surface area contributed by atoms with Crippen LogP contribution in [0.2, 0.25) is 0 Å². The number of amides is 1. The average molecular weight is 510 g/mol. The standard InChI is InChI=1S/C22H27N3O7S2/c1-3-25(4-2)34(30,31)20-12-10-19(11-13-20)24-21(26)17-32-22(27)16-23-33(28,29)15-14-18-8-6-5-7-9-18/h5-15,23H,3-4,16-17H2,1-2H3,(H,24,26)/b15-14+. The first-order valence-corrected chi connectivity index (χ1v) is 13.3. The minimum absolute atomic E-state index is 0.0919. The van der Waals surface area contributed by atoms with E-state index in [1.165, 1.54) is 34.6 Å². The molecule has 0 spiro atoms. The molecule has 0 atom stereocenters. The predicted octanol–water partition coefficient (Wildman–Crippen LogP) is 1.79. The Morgan fingerprint density at radius 2 is 1.56 bits per heavy atom. The Bertz CT molecular complexity index is 1210. The quantitative estimate of drug-likeness (QED) is 0.416. The third kappa shape index (κ3) is 8.37. The number of carbonyl (C=O) groups excluding carboxylic acids is 2. The molecule has 2 rings (SSSR count). The number of esters is 1. The molecule has 0 saturated heterocycles. The summed E-state index contributed by atoms with van der Waals surface area (Å²) in [6, 6.07) is 14.3. The minimum Gasteiger partial charge on any atom is -0.455 e. The maximum atomic E-state index is 12.5. The lowest BCUT2D eigenvalue weighted by Crippen LogP contribution is -2.31. The van der Waals surface area contributed by atoms with E-state index in [1.807, 2.05) is 0 Å². The van der Waals surface area contributed by atoms with Gasteiger partial charge in [-0.05, 0) is 35.9 Å². The van der Waals surface area contributed by atoms with Crippen LogP contribution < -0.4 is 10.0 Å². The zero-order chi connectivity index (χ0) is 25.2. The molecule has 2 aromatic carbocycles. The van der Waals surface area contributed by atoms with Crippen LogP contribution in [0.1, 0.15) is 19.4 Å². The highest BCUT2D eigenvalue weighted by atomic mass is 32.2. The first-order valence-electron chi connectivity index (χ1n) is 10.4. The molecule has 0 radical (unpaired) electrons. The Balaban J connectivity index is 1.81. The normalized spacial score (nSPS) is 12.1. The van der Waals surface area contributed by atoms with E-state index in [0.717, 1.165) is 5.41 Å². The van der Waals surface area contributed by atoms with Crippen molar-refractivity contribution in [2.24, 2.45) is 0 Å². The van der Waals surface area contributed by atoms with Crippen molar-refractivity contribution < 1.29 is 31.2 Å². The fourth-order valence-electron chi connectivity index (χ4n) is 2.76. The number of anilines is 1. The molecule has 0 aliphatic carbocycles. The molecule has 184 valence electrons. The summed E-state index contributed by atoms with van der Waals surface area (Å²) >= 11 is 0. The van der Waals surface area contributed by atoms with Crippen LogP contribution in [0.4, 0.5) is 5.69 Å². The van der Waals surface area contributed by atoms with Gasteiger partial charge < -0.3 is 10.1 Å². The Morgan fingerprint density at radius 3 is 2.15 bits per heavy atom. The highest BCUT2D eigenvalue weighted by Crippen LogP contribution is 2.18. The van der Waals surface area contributed by atoms with E-state index in [2.05, 4.69) is 10.0 Å². The lowest BCUT2D eigenvalue weighted by molar-refractivity contribution is -0.146. The number of rotatable bonds is 12. The number of benzene rings is 2. The van der Waals surface area contributed by atoms with Crippen molar-refractivity contribution in [1.82, 2.24) is 9.03 Å². The van der Waals surface area contributed by atoms with E-state index in [4.69, 9.17) is 4.74 Å². The second-order valence-electron chi connectivity index (χ2n) is 6.90. The third-order valence-corrected chi connectivity index (χ3v) is 7.61. The maximum Gasteiger partial charge on any atom is 0.321 e. The number of nitrogens with zero attached hydrogens (tertiary/aromatic N) is 1. The third-order valence-electron chi connectivity index (χ3n) is 4.50. The van der Waals surface area contributed by atoms with Crippen LogP contribution in [0.3, 0.4) is 0 Å². The summed E-state index contributed by atoms with van der Waals surface area (Å²) in [6.45, 7) is 2.86. The van der Waals surface area contributed by atoms with E-state index in [9.17, 15) is 26.4 Å². The number of hydrogen-bond acceptors (Lipinski definition) is 7. The van der Waals surface area contributed by atoms with Crippen LogP contribution in [-0.4, -0.2) is 59.3 Å². The van der Waals surface area contributed by atoms with Crippen molar-refractivity contribution in [2.45, 2.75) is 18.7 Å². The number of nitrogens with one attached hydrogen (secondary N) is 2. The smallest absolute Gasteiger partial charge is 0.321 e. The molecule has 0 bridgehead atoms. The minimum atomic E-state index is -3.87. The SMILES string of the molecule is CCN(CC)S(=O)(=O)c1ccc(NC(=O)COC(=O)CNS(=O)(=O)/C=C/c2ccccc2)cc1. The van der Waals surface area contributed by atoms with Gasteiger partial charge in [0.2, 0.25) is 20.0 Å². The predicted molar refractivity (Wildman–Crippen MR) is 129 cm³/mol. The number of ether oxygens (including phenoxy) is 1. The Hall–Kier alpha value is -3.06. The largest absolute Gasteiger partial charge is 0.455 e. The van der Waals surface area contributed by atoms with Crippen molar-refractivity contribution >= 4 is 43.7 Å². The van der Waals surface area contributed by atoms with Crippen LogP contribution in [0, 0.1) is 0 Å². The average Bonchev–Trinajstić information content (AvgIpc) is 2.82. The van der Waals surface area contributed by atoms with E-state index in [-0.39, 0.29) is 4.90 Å². The van der Waals surface area contributed by atoms with Crippen molar-refractivity contribution in [1.29, 1.82) is 0 Å². The van der Waals surface area contributed by atoms with Crippen molar-refractivity contribution in [2.75, 3.05) is 31.6 Å². The van der Waals surface area contributed by atoms with E-state index in [0.29, 0.717) is 24.3 Å². The van der Waals surface area contributed by atoms with Gasteiger partial charge in [0.15, 0.2) is 6.61 Å². The molecule has 0 unspecified atom stereocenters. The Kier molecular flexibility index (Phi) is 9.93. The molecular formula is C22H27N3O7S2. The number of sulfonamides is 2. The zero-order valence-corrected chi connectivity index (χ0v) is 20.4. The molecule has 0 aliphatic heterocycles. The molecule has 1 amide bonds. The van der Waals surface area contributed by atoms with Crippen LogP contribution in [0.15, 0.2) is 64.9 Å². The van der Waals surface area contributed by atoms with Crippen molar-refractivity contribution in [3.8, 4) is 0 Å². The molecule has 34 heavy (non-hydrogen) atoms. The molecule has 12 heteroatoms. The molecule has 0 aliphatic rings. The highest BCUT2D eigenvalue weighted by molar-refractivity contribution is 7.92. The van der Waals surface area contributed by atoms with E-state index in [1.54, 1.807) is 44.2 Å². The molecule has 0 fully saturated rings. The second kappa shape index (κ2) is 12.4. The van der Waals surface area contributed by atoms with Gasteiger partial charge in [-0.15, -0.1) is 0 Å². The van der Waals surface area contributed by atoms with Crippen LogP contribution >= 0.6 is 0 Å². The number of hydrogen-bond donors (Lipinski definition) is 2. The second-order valence-corrected chi connectivity index (χ2v) is 10.5. The zero-order valence-electron chi connectivity index (χ0n) is 18.8. The Morgan fingerprint density at radius 1 is 0.941 bits per heavy atom. The maximum absolute atomic E-state index is 12.5. The summed E-state index contributed by atoms with van der Waals surface area (Å²) < 4.78 is 57.0. The van der Waals surface area contributed by atoms with Crippen LogP contribution in [0.5, 0.6) is 0 Å². The summed E-state index contributed by atoms with van der Waals surface area (Å²) in [6.07, 6.45) is 1.37. The molecule has 2 N–H and O–H groups in total. The van der Waals surface area contributed by atoms with E-state index >= 15 is 0 Å². The van der Waals surface area contributed by atoms with Gasteiger partial charge in [-0.25, -0.2) is 21.6 Å². The van der Waals surface area contributed by atoms with Gasteiger partial charge in [-0.2, -0.15) is 4.31 Å². The monoisotopic (exact) mass is 509 g/mol. The van der Waals surface area contributed by atoms with Crippen LogP contribution in [0.25, 0.3) is 6.08 Å². The van der Waals surface area contributed by atoms with Gasteiger partial charge >= 0.3 is 5.97 Å². The van der Waals surface area contributed by atoms with E-state index < -0.39 is 45.1 Å². The Labute approximate surface area is 199 Å². The molecule has 2 aromatic rings.